The van der Waals surface area contributed by atoms with Gasteiger partial charge in [-0.15, -0.1) is 0 Å². The molecular formula is C18H21ClN6OS. The molecule has 142 valence electrons. The molecule has 0 aliphatic heterocycles. The van der Waals surface area contributed by atoms with Gasteiger partial charge in [0.2, 0.25) is 0 Å². The largest absolute Gasteiger partial charge is 0.351 e. The number of benzene rings is 1. The maximum absolute atomic E-state index is 12.6. The Balaban J connectivity index is 1.72. The van der Waals surface area contributed by atoms with Crippen LogP contribution in [0.4, 0.5) is 0 Å². The van der Waals surface area contributed by atoms with Crippen LogP contribution in [0.25, 0.3) is 5.69 Å². The Kier molecular flexibility index (Phi) is 6.08. The van der Waals surface area contributed by atoms with Gasteiger partial charge in [0.25, 0.3) is 5.91 Å². The van der Waals surface area contributed by atoms with E-state index < -0.39 is 0 Å². The van der Waals surface area contributed by atoms with Gasteiger partial charge in [-0.3, -0.25) is 9.89 Å². The van der Waals surface area contributed by atoms with Crippen molar-refractivity contribution in [1.82, 2.24) is 29.9 Å². The van der Waals surface area contributed by atoms with E-state index in [0.717, 1.165) is 23.8 Å². The third-order valence-electron chi connectivity index (χ3n) is 4.29. The fourth-order valence-corrected chi connectivity index (χ4v) is 3.45. The Labute approximate surface area is 167 Å². The zero-order valence-electron chi connectivity index (χ0n) is 15.2. The number of nitrogens with zero attached hydrogens (tertiary/aromatic N) is 4. The summed E-state index contributed by atoms with van der Waals surface area (Å²) >= 11 is 11.3. The van der Waals surface area contributed by atoms with Crippen molar-refractivity contribution in [2.75, 3.05) is 6.54 Å². The van der Waals surface area contributed by atoms with Crippen molar-refractivity contribution in [2.45, 2.75) is 33.2 Å². The van der Waals surface area contributed by atoms with Crippen LogP contribution in [0.5, 0.6) is 0 Å². The van der Waals surface area contributed by atoms with E-state index in [9.17, 15) is 4.79 Å². The van der Waals surface area contributed by atoms with Crippen molar-refractivity contribution < 1.29 is 4.79 Å². The van der Waals surface area contributed by atoms with Gasteiger partial charge in [-0.2, -0.15) is 10.2 Å². The number of hydrogen-bond acceptors (Lipinski definition) is 4. The van der Waals surface area contributed by atoms with Crippen molar-refractivity contribution in [1.29, 1.82) is 0 Å². The molecule has 0 bridgehead atoms. The summed E-state index contributed by atoms with van der Waals surface area (Å²) in [7, 11) is 0. The average Bonchev–Trinajstić information content (AvgIpc) is 3.24. The third-order valence-corrected chi connectivity index (χ3v) is 4.84. The standard InChI is InChI=1S/C18H21ClN6OS/c1-3-15-14(11-21-25(15)13-7-5-6-12(19)10-13)17(26)20-9-8-16-22-23-18(27)24(16)4-2/h5-7,10-11H,3-4,8-9H2,1-2H3,(H,20,26)(H,23,27). The summed E-state index contributed by atoms with van der Waals surface area (Å²) in [6.45, 7) is 5.20. The second-order valence-corrected chi connectivity index (χ2v) is 6.77. The minimum absolute atomic E-state index is 0.155. The van der Waals surface area contributed by atoms with Gasteiger partial charge < -0.3 is 9.88 Å². The van der Waals surface area contributed by atoms with Crippen LogP contribution in [0.15, 0.2) is 30.5 Å². The molecule has 7 nitrogen and oxygen atoms in total. The first-order valence-electron chi connectivity index (χ1n) is 8.80. The zero-order chi connectivity index (χ0) is 19.4. The van der Waals surface area contributed by atoms with E-state index in [1.165, 1.54) is 0 Å². The van der Waals surface area contributed by atoms with Crippen molar-refractivity contribution in [3.05, 3.63) is 57.3 Å². The Morgan fingerprint density at radius 1 is 1.37 bits per heavy atom. The minimum atomic E-state index is -0.155. The molecule has 0 spiro atoms. The molecule has 9 heteroatoms. The number of halogens is 1. The number of aromatic amines is 1. The Hall–Kier alpha value is -2.45. The van der Waals surface area contributed by atoms with E-state index in [0.29, 0.717) is 34.7 Å². The van der Waals surface area contributed by atoms with Gasteiger partial charge in [-0.1, -0.05) is 24.6 Å². The first-order chi connectivity index (χ1) is 13.0. The maximum Gasteiger partial charge on any atom is 0.254 e. The van der Waals surface area contributed by atoms with Gasteiger partial charge in [0.05, 0.1) is 23.1 Å². The van der Waals surface area contributed by atoms with Gasteiger partial charge in [-0.25, -0.2) is 4.68 Å². The number of H-pyrrole nitrogens is 1. The summed E-state index contributed by atoms with van der Waals surface area (Å²) in [6.07, 6.45) is 2.86. The quantitative estimate of drug-likeness (QED) is 0.592. The van der Waals surface area contributed by atoms with E-state index in [-0.39, 0.29) is 5.91 Å². The highest BCUT2D eigenvalue weighted by molar-refractivity contribution is 7.71. The highest BCUT2D eigenvalue weighted by atomic mass is 35.5. The normalized spacial score (nSPS) is 10.9. The molecule has 1 amide bonds. The molecule has 0 unspecified atom stereocenters. The predicted octanol–water partition coefficient (Wildman–Crippen LogP) is 3.33. The second kappa shape index (κ2) is 8.49. The molecule has 0 aliphatic rings. The summed E-state index contributed by atoms with van der Waals surface area (Å²) < 4.78 is 4.26. The number of carbonyl (C=O) groups is 1. The number of hydrogen-bond donors (Lipinski definition) is 2. The molecule has 2 aromatic heterocycles. The topological polar surface area (TPSA) is 80.5 Å². The number of amides is 1. The lowest BCUT2D eigenvalue weighted by atomic mass is 10.2. The van der Waals surface area contributed by atoms with Gasteiger partial charge in [0, 0.05) is 24.5 Å². The van der Waals surface area contributed by atoms with Crippen LogP contribution in [-0.2, 0) is 19.4 Å². The lowest BCUT2D eigenvalue weighted by Gasteiger charge is -2.09. The van der Waals surface area contributed by atoms with Crippen LogP contribution in [0, 0.1) is 4.77 Å². The smallest absolute Gasteiger partial charge is 0.254 e. The van der Waals surface area contributed by atoms with Crippen LogP contribution >= 0.6 is 23.8 Å². The lowest BCUT2D eigenvalue weighted by Crippen LogP contribution is -2.27. The molecule has 0 fully saturated rings. The number of aromatic nitrogens is 5. The summed E-state index contributed by atoms with van der Waals surface area (Å²) in [5.41, 5.74) is 2.23. The fraction of sp³-hybridized carbons (Fsp3) is 0.333. The summed E-state index contributed by atoms with van der Waals surface area (Å²) in [4.78, 5) is 12.6. The lowest BCUT2D eigenvalue weighted by molar-refractivity contribution is 0.0953. The first kappa shape index (κ1) is 19.3. The molecular weight excluding hydrogens is 384 g/mol. The Morgan fingerprint density at radius 3 is 2.89 bits per heavy atom. The summed E-state index contributed by atoms with van der Waals surface area (Å²) in [6, 6.07) is 7.40. The number of rotatable bonds is 7. The molecule has 0 radical (unpaired) electrons. The Morgan fingerprint density at radius 2 is 2.19 bits per heavy atom. The van der Waals surface area contributed by atoms with Crippen LogP contribution in [0.3, 0.4) is 0 Å². The second-order valence-electron chi connectivity index (χ2n) is 5.95. The van der Waals surface area contributed by atoms with E-state index in [4.69, 9.17) is 23.8 Å². The van der Waals surface area contributed by atoms with E-state index >= 15 is 0 Å². The third kappa shape index (κ3) is 4.12. The fourth-order valence-electron chi connectivity index (χ4n) is 2.98. The van der Waals surface area contributed by atoms with E-state index in [2.05, 4.69) is 20.6 Å². The zero-order valence-corrected chi connectivity index (χ0v) is 16.8. The molecule has 3 rings (SSSR count). The molecule has 3 aromatic rings. The van der Waals surface area contributed by atoms with Gasteiger partial charge >= 0.3 is 0 Å². The van der Waals surface area contributed by atoms with Crippen LogP contribution in [-0.4, -0.2) is 37.0 Å². The average molecular weight is 405 g/mol. The van der Waals surface area contributed by atoms with E-state index in [1.807, 2.05) is 36.6 Å². The first-order valence-corrected chi connectivity index (χ1v) is 9.58. The van der Waals surface area contributed by atoms with Crippen LogP contribution < -0.4 is 5.32 Å². The maximum atomic E-state index is 12.6. The molecule has 0 saturated heterocycles. The van der Waals surface area contributed by atoms with Crippen molar-refractivity contribution in [2.24, 2.45) is 0 Å². The molecule has 0 saturated carbocycles. The van der Waals surface area contributed by atoms with Gasteiger partial charge in [-0.05, 0) is 43.8 Å². The monoisotopic (exact) mass is 404 g/mol. The number of nitrogens with one attached hydrogen (secondary N) is 2. The molecule has 0 aliphatic carbocycles. The molecule has 1 aromatic carbocycles. The van der Waals surface area contributed by atoms with Crippen molar-refractivity contribution in [3.8, 4) is 5.69 Å². The molecule has 0 atom stereocenters. The van der Waals surface area contributed by atoms with Crippen LogP contribution in [0.1, 0.15) is 35.7 Å². The summed E-state index contributed by atoms with van der Waals surface area (Å²) in [5, 5.41) is 14.9. The highest BCUT2D eigenvalue weighted by Crippen LogP contribution is 2.19. The van der Waals surface area contributed by atoms with E-state index in [1.54, 1.807) is 16.9 Å². The highest BCUT2D eigenvalue weighted by Gasteiger charge is 2.17. The summed E-state index contributed by atoms with van der Waals surface area (Å²) in [5.74, 6) is 0.672. The van der Waals surface area contributed by atoms with Crippen molar-refractivity contribution >= 4 is 29.7 Å². The minimum Gasteiger partial charge on any atom is -0.351 e. The SMILES string of the molecule is CCc1c(C(=O)NCCc2n[nH]c(=S)n2CC)cnn1-c1cccc(Cl)c1. The molecule has 2 N–H and O–H groups in total. The number of carbonyl (C=O) groups excluding carboxylic acids is 1. The molecule has 27 heavy (non-hydrogen) atoms. The van der Waals surface area contributed by atoms with Gasteiger partial charge in [0.1, 0.15) is 5.82 Å². The predicted molar refractivity (Wildman–Crippen MR) is 107 cm³/mol. The van der Waals surface area contributed by atoms with Crippen LogP contribution in [0.2, 0.25) is 5.02 Å². The Bertz CT molecular complexity index is 1010. The van der Waals surface area contributed by atoms with Crippen molar-refractivity contribution in [3.63, 3.8) is 0 Å². The van der Waals surface area contributed by atoms with Gasteiger partial charge in [0.15, 0.2) is 4.77 Å². The molecule has 2 heterocycles.